The molecule has 1 atom stereocenters. The molecule has 3 aliphatic rings. The van der Waals surface area contributed by atoms with Crippen LogP contribution in [0.5, 0.6) is 11.5 Å². The van der Waals surface area contributed by atoms with Crippen LogP contribution < -0.4 is 9.47 Å². The summed E-state index contributed by atoms with van der Waals surface area (Å²) in [6, 6.07) is 10.6. The molecule has 182 valence electrons. The summed E-state index contributed by atoms with van der Waals surface area (Å²) in [5.74, 6) is 1.55. The SMILES string of the molecule is O=C(C=Cc1ccc2c(c1)OCO2)N1CCC1CCN1CCC(c2noc3cc(F)ccc23)CC1. The van der Waals surface area contributed by atoms with Gasteiger partial charge in [-0.15, -0.1) is 0 Å². The van der Waals surface area contributed by atoms with Crippen LogP contribution in [0.3, 0.4) is 0 Å². The molecule has 2 fully saturated rings. The molecule has 8 heteroatoms. The Labute approximate surface area is 203 Å². The summed E-state index contributed by atoms with van der Waals surface area (Å²) in [6.45, 7) is 4.03. The number of ether oxygens (including phenoxy) is 2. The third kappa shape index (κ3) is 4.50. The van der Waals surface area contributed by atoms with E-state index in [-0.39, 0.29) is 18.5 Å². The van der Waals surface area contributed by atoms with Crippen LogP contribution in [0.15, 0.2) is 47.0 Å². The number of hydrogen-bond acceptors (Lipinski definition) is 6. The number of halogens is 1. The third-order valence-corrected chi connectivity index (χ3v) is 7.46. The van der Waals surface area contributed by atoms with Gasteiger partial charge in [-0.2, -0.15) is 0 Å². The van der Waals surface area contributed by atoms with Crippen molar-refractivity contribution in [1.29, 1.82) is 0 Å². The molecule has 0 bridgehead atoms. The van der Waals surface area contributed by atoms with Gasteiger partial charge in [0, 0.05) is 42.6 Å². The molecule has 0 spiro atoms. The molecular formula is C27H28FN3O4. The van der Waals surface area contributed by atoms with Gasteiger partial charge in [0.2, 0.25) is 12.7 Å². The molecule has 35 heavy (non-hydrogen) atoms. The zero-order valence-electron chi connectivity index (χ0n) is 19.5. The lowest BCUT2D eigenvalue weighted by atomic mass is 9.91. The lowest BCUT2D eigenvalue weighted by Gasteiger charge is -2.42. The van der Waals surface area contributed by atoms with Gasteiger partial charge < -0.3 is 23.8 Å². The smallest absolute Gasteiger partial charge is 0.246 e. The highest BCUT2D eigenvalue weighted by atomic mass is 19.1. The van der Waals surface area contributed by atoms with Gasteiger partial charge in [0.1, 0.15) is 5.82 Å². The summed E-state index contributed by atoms with van der Waals surface area (Å²) in [4.78, 5) is 17.2. The van der Waals surface area contributed by atoms with Gasteiger partial charge in [0.25, 0.3) is 0 Å². The molecular weight excluding hydrogens is 449 g/mol. The monoisotopic (exact) mass is 477 g/mol. The lowest BCUT2D eigenvalue weighted by molar-refractivity contribution is -0.133. The molecule has 4 heterocycles. The molecule has 3 aromatic rings. The van der Waals surface area contributed by atoms with Crippen molar-refractivity contribution in [3.05, 3.63) is 59.5 Å². The first-order valence-electron chi connectivity index (χ1n) is 12.3. The zero-order valence-corrected chi connectivity index (χ0v) is 19.5. The minimum atomic E-state index is -0.304. The highest BCUT2D eigenvalue weighted by molar-refractivity contribution is 5.92. The van der Waals surface area contributed by atoms with Crippen LogP contribution in [0, 0.1) is 5.82 Å². The molecule has 2 aromatic carbocycles. The number of amides is 1. The maximum absolute atomic E-state index is 13.4. The van der Waals surface area contributed by atoms with Gasteiger partial charge >= 0.3 is 0 Å². The van der Waals surface area contributed by atoms with Gasteiger partial charge in [-0.3, -0.25) is 4.79 Å². The minimum absolute atomic E-state index is 0.0620. The Balaban J connectivity index is 0.981. The zero-order chi connectivity index (χ0) is 23.8. The van der Waals surface area contributed by atoms with E-state index < -0.39 is 0 Å². The van der Waals surface area contributed by atoms with Crippen molar-refractivity contribution in [2.24, 2.45) is 0 Å². The van der Waals surface area contributed by atoms with Crippen LogP contribution in [0.1, 0.15) is 42.9 Å². The fourth-order valence-corrected chi connectivity index (χ4v) is 5.30. The average molecular weight is 478 g/mol. The van der Waals surface area contributed by atoms with Crippen molar-refractivity contribution in [2.45, 2.75) is 37.6 Å². The number of benzene rings is 2. The van der Waals surface area contributed by atoms with E-state index >= 15 is 0 Å². The van der Waals surface area contributed by atoms with Gasteiger partial charge in [0.15, 0.2) is 17.1 Å². The molecule has 3 aliphatic heterocycles. The second-order valence-corrected chi connectivity index (χ2v) is 9.53. The van der Waals surface area contributed by atoms with Crippen molar-refractivity contribution < 1.29 is 23.2 Å². The van der Waals surface area contributed by atoms with E-state index in [1.807, 2.05) is 29.2 Å². The fourth-order valence-electron chi connectivity index (χ4n) is 5.30. The first-order chi connectivity index (χ1) is 17.1. The topological polar surface area (TPSA) is 68.0 Å². The van der Waals surface area contributed by atoms with Gasteiger partial charge in [-0.1, -0.05) is 11.2 Å². The Kier molecular flexibility index (Phi) is 5.90. The minimum Gasteiger partial charge on any atom is -0.454 e. The quantitative estimate of drug-likeness (QED) is 0.484. The average Bonchev–Trinajstić information content (AvgIpc) is 3.49. The molecule has 0 aliphatic carbocycles. The summed E-state index contributed by atoms with van der Waals surface area (Å²) >= 11 is 0. The van der Waals surface area contributed by atoms with Crippen molar-refractivity contribution in [3.8, 4) is 11.5 Å². The standard InChI is InChI=1S/C27H28FN3O4/c28-20-3-4-22-24(16-20)35-29-27(22)19-7-11-30(12-8-19)13-9-21-10-14-31(21)26(32)6-2-18-1-5-23-25(15-18)34-17-33-23/h1-6,15-16,19,21H,7-14,17H2. The van der Waals surface area contributed by atoms with E-state index in [9.17, 15) is 9.18 Å². The number of carbonyl (C=O) groups is 1. The van der Waals surface area contributed by atoms with E-state index in [1.165, 1.54) is 12.1 Å². The third-order valence-electron chi connectivity index (χ3n) is 7.46. The maximum Gasteiger partial charge on any atom is 0.246 e. The Morgan fingerprint density at radius 3 is 2.74 bits per heavy atom. The highest BCUT2D eigenvalue weighted by Crippen LogP contribution is 2.34. The summed E-state index contributed by atoms with van der Waals surface area (Å²) in [6.07, 6.45) is 7.55. The van der Waals surface area contributed by atoms with E-state index in [0.29, 0.717) is 17.5 Å². The number of piperidine rings is 1. The lowest BCUT2D eigenvalue weighted by Crippen LogP contribution is -2.51. The molecule has 0 saturated carbocycles. The van der Waals surface area contributed by atoms with Crippen LogP contribution in [0.25, 0.3) is 17.0 Å². The number of aromatic nitrogens is 1. The van der Waals surface area contributed by atoms with Gasteiger partial charge in [-0.25, -0.2) is 4.39 Å². The Hall–Kier alpha value is -3.39. The number of rotatable bonds is 6. The molecule has 1 aromatic heterocycles. The van der Waals surface area contributed by atoms with E-state index in [0.717, 1.165) is 80.0 Å². The summed E-state index contributed by atoms with van der Waals surface area (Å²) in [7, 11) is 0. The second kappa shape index (κ2) is 9.34. The van der Waals surface area contributed by atoms with Crippen LogP contribution >= 0.6 is 0 Å². The first-order valence-corrected chi connectivity index (χ1v) is 12.3. The second-order valence-electron chi connectivity index (χ2n) is 9.53. The number of carbonyl (C=O) groups excluding carboxylic acids is 1. The van der Waals surface area contributed by atoms with Crippen molar-refractivity contribution in [2.75, 3.05) is 33.0 Å². The summed E-state index contributed by atoms with van der Waals surface area (Å²) < 4.78 is 29.5. The van der Waals surface area contributed by atoms with E-state index in [4.69, 9.17) is 14.0 Å². The first kappa shape index (κ1) is 22.1. The van der Waals surface area contributed by atoms with E-state index in [2.05, 4.69) is 10.1 Å². The number of likely N-dealkylation sites (tertiary alicyclic amines) is 2. The van der Waals surface area contributed by atoms with Crippen molar-refractivity contribution >= 4 is 23.0 Å². The molecule has 1 amide bonds. The molecule has 2 saturated heterocycles. The number of fused-ring (bicyclic) bond motifs is 2. The number of hydrogen-bond donors (Lipinski definition) is 0. The van der Waals surface area contributed by atoms with Crippen molar-refractivity contribution in [1.82, 2.24) is 15.0 Å². The molecule has 1 unspecified atom stereocenters. The molecule has 0 radical (unpaired) electrons. The van der Waals surface area contributed by atoms with Crippen LogP contribution in [-0.2, 0) is 4.79 Å². The predicted molar refractivity (Wildman–Crippen MR) is 129 cm³/mol. The van der Waals surface area contributed by atoms with Crippen LogP contribution in [-0.4, -0.2) is 59.9 Å². The van der Waals surface area contributed by atoms with Crippen molar-refractivity contribution in [3.63, 3.8) is 0 Å². The van der Waals surface area contributed by atoms with E-state index in [1.54, 1.807) is 12.1 Å². The highest BCUT2D eigenvalue weighted by Gasteiger charge is 2.32. The number of nitrogens with zero attached hydrogens (tertiary/aromatic N) is 3. The summed E-state index contributed by atoms with van der Waals surface area (Å²) in [5, 5.41) is 5.16. The molecule has 0 N–H and O–H groups in total. The van der Waals surface area contributed by atoms with Crippen LogP contribution in [0.4, 0.5) is 4.39 Å². The Bertz CT molecular complexity index is 1260. The summed E-state index contributed by atoms with van der Waals surface area (Å²) in [5.41, 5.74) is 2.39. The van der Waals surface area contributed by atoms with Gasteiger partial charge in [0.05, 0.1) is 5.69 Å². The van der Waals surface area contributed by atoms with Gasteiger partial charge in [-0.05, 0) is 74.7 Å². The van der Waals surface area contributed by atoms with Crippen LogP contribution in [0.2, 0.25) is 0 Å². The maximum atomic E-state index is 13.4. The Morgan fingerprint density at radius 2 is 1.91 bits per heavy atom. The Morgan fingerprint density at radius 1 is 1.06 bits per heavy atom. The molecule has 7 nitrogen and oxygen atoms in total. The fraction of sp³-hybridized carbons (Fsp3) is 0.407. The predicted octanol–water partition coefficient (Wildman–Crippen LogP) is 4.58. The normalized spacial score (nSPS) is 20.6. The molecule has 6 rings (SSSR count). The largest absolute Gasteiger partial charge is 0.454 e.